The topological polar surface area (TPSA) is 67.8 Å². The molecule has 1 saturated heterocycles. The SMILES string of the molecule is COc1cccc(OC)c1-c1cnc(N(C)C)nc1C1CCCCN1C(=O)C1CCC1. The number of nitrogens with zero attached hydrogens (tertiary/aromatic N) is 4. The van der Waals surface area contributed by atoms with Crippen molar-refractivity contribution in [3.05, 3.63) is 30.1 Å². The molecule has 0 spiro atoms. The van der Waals surface area contributed by atoms with Crippen molar-refractivity contribution < 1.29 is 14.3 Å². The Kier molecular flexibility index (Phi) is 6.30. The monoisotopic (exact) mass is 424 g/mol. The summed E-state index contributed by atoms with van der Waals surface area (Å²) < 4.78 is 11.3. The summed E-state index contributed by atoms with van der Waals surface area (Å²) in [6.45, 7) is 0.782. The molecule has 0 N–H and O–H groups in total. The molecule has 7 heteroatoms. The van der Waals surface area contributed by atoms with Crippen molar-refractivity contribution in [1.82, 2.24) is 14.9 Å². The molecule has 2 heterocycles. The Morgan fingerprint density at radius 1 is 1.06 bits per heavy atom. The van der Waals surface area contributed by atoms with E-state index in [9.17, 15) is 4.79 Å². The molecule has 166 valence electrons. The molecule has 2 aromatic rings. The second kappa shape index (κ2) is 9.12. The van der Waals surface area contributed by atoms with E-state index in [1.807, 2.05) is 43.4 Å². The summed E-state index contributed by atoms with van der Waals surface area (Å²) in [6.07, 6.45) is 8.00. The van der Waals surface area contributed by atoms with Crippen molar-refractivity contribution in [3.8, 4) is 22.6 Å². The second-order valence-corrected chi connectivity index (χ2v) is 8.57. The van der Waals surface area contributed by atoms with Crippen LogP contribution in [0.2, 0.25) is 0 Å². The summed E-state index contributed by atoms with van der Waals surface area (Å²) in [5.41, 5.74) is 2.56. The summed E-state index contributed by atoms with van der Waals surface area (Å²) in [5, 5.41) is 0. The molecule has 1 aromatic carbocycles. The number of hydrogen-bond donors (Lipinski definition) is 0. The molecule has 1 aromatic heterocycles. The molecule has 1 saturated carbocycles. The fourth-order valence-corrected chi connectivity index (χ4v) is 4.53. The molecule has 7 nitrogen and oxygen atoms in total. The van der Waals surface area contributed by atoms with E-state index in [-0.39, 0.29) is 17.9 Å². The van der Waals surface area contributed by atoms with E-state index in [1.165, 1.54) is 0 Å². The minimum absolute atomic E-state index is 0.0758. The summed E-state index contributed by atoms with van der Waals surface area (Å²) in [7, 11) is 7.17. The lowest BCUT2D eigenvalue weighted by Crippen LogP contribution is -2.44. The van der Waals surface area contributed by atoms with Crippen LogP contribution in [0.4, 0.5) is 5.95 Å². The van der Waals surface area contributed by atoms with E-state index < -0.39 is 0 Å². The highest BCUT2D eigenvalue weighted by atomic mass is 16.5. The van der Waals surface area contributed by atoms with Gasteiger partial charge in [0.1, 0.15) is 11.5 Å². The van der Waals surface area contributed by atoms with Crippen molar-refractivity contribution in [2.75, 3.05) is 39.8 Å². The number of rotatable bonds is 6. The molecule has 0 radical (unpaired) electrons. The molecule has 31 heavy (non-hydrogen) atoms. The number of anilines is 1. The van der Waals surface area contributed by atoms with Gasteiger partial charge in [-0.15, -0.1) is 0 Å². The van der Waals surface area contributed by atoms with Gasteiger partial charge in [-0.1, -0.05) is 12.5 Å². The Morgan fingerprint density at radius 3 is 2.35 bits per heavy atom. The third-order valence-electron chi connectivity index (χ3n) is 6.46. The summed E-state index contributed by atoms with van der Waals surface area (Å²) >= 11 is 0. The van der Waals surface area contributed by atoms with Crippen LogP contribution in [0, 0.1) is 5.92 Å². The minimum atomic E-state index is -0.0758. The zero-order valence-electron chi connectivity index (χ0n) is 18.9. The van der Waals surface area contributed by atoms with Crippen molar-refractivity contribution in [2.24, 2.45) is 5.92 Å². The van der Waals surface area contributed by atoms with Gasteiger partial charge >= 0.3 is 0 Å². The maximum atomic E-state index is 13.3. The van der Waals surface area contributed by atoms with Gasteiger partial charge in [0.15, 0.2) is 0 Å². The van der Waals surface area contributed by atoms with Crippen molar-refractivity contribution in [2.45, 2.75) is 44.6 Å². The molecule has 1 unspecified atom stereocenters. The lowest BCUT2D eigenvalue weighted by molar-refractivity contribution is -0.142. The lowest BCUT2D eigenvalue weighted by Gasteiger charge is -2.40. The zero-order valence-corrected chi connectivity index (χ0v) is 18.9. The van der Waals surface area contributed by atoms with Gasteiger partial charge in [0.2, 0.25) is 11.9 Å². The van der Waals surface area contributed by atoms with Crippen LogP contribution in [-0.2, 0) is 4.79 Å². The second-order valence-electron chi connectivity index (χ2n) is 8.57. The first-order valence-electron chi connectivity index (χ1n) is 11.1. The molecule has 0 bridgehead atoms. The van der Waals surface area contributed by atoms with E-state index in [0.717, 1.165) is 61.9 Å². The van der Waals surface area contributed by atoms with E-state index in [0.29, 0.717) is 17.4 Å². The number of amides is 1. The zero-order chi connectivity index (χ0) is 22.0. The molecular formula is C24H32N4O3. The molecule has 1 atom stereocenters. The molecule has 1 aliphatic carbocycles. The van der Waals surface area contributed by atoms with E-state index in [4.69, 9.17) is 14.5 Å². The molecule has 2 fully saturated rings. The Balaban J connectivity index is 1.86. The van der Waals surface area contributed by atoms with Gasteiger partial charge in [-0.05, 0) is 44.2 Å². The van der Waals surface area contributed by atoms with Crippen LogP contribution in [0.15, 0.2) is 24.4 Å². The van der Waals surface area contributed by atoms with Gasteiger partial charge in [-0.2, -0.15) is 0 Å². The summed E-state index contributed by atoms with van der Waals surface area (Å²) in [5.74, 6) is 2.48. The van der Waals surface area contributed by atoms with E-state index in [1.54, 1.807) is 14.2 Å². The van der Waals surface area contributed by atoms with Crippen LogP contribution in [0.25, 0.3) is 11.1 Å². The smallest absolute Gasteiger partial charge is 0.226 e. The number of aromatic nitrogens is 2. The molecule has 2 aliphatic rings. The fraction of sp³-hybridized carbons (Fsp3) is 0.542. The number of benzene rings is 1. The third kappa shape index (κ3) is 4.05. The van der Waals surface area contributed by atoms with Crippen LogP contribution >= 0.6 is 0 Å². The van der Waals surface area contributed by atoms with Crippen LogP contribution < -0.4 is 14.4 Å². The number of ether oxygens (including phenoxy) is 2. The first-order chi connectivity index (χ1) is 15.0. The quantitative estimate of drug-likeness (QED) is 0.696. The van der Waals surface area contributed by atoms with Gasteiger partial charge in [0, 0.05) is 38.3 Å². The van der Waals surface area contributed by atoms with Crippen LogP contribution in [0.5, 0.6) is 11.5 Å². The predicted octanol–water partition coefficient (Wildman–Crippen LogP) is 4.08. The van der Waals surface area contributed by atoms with Crippen molar-refractivity contribution in [3.63, 3.8) is 0 Å². The molecule has 4 rings (SSSR count). The van der Waals surface area contributed by atoms with E-state index >= 15 is 0 Å². The largest absolute Gasteiger partial charge is 0.496 e. The van der Waals surface area contributed by atoms with Gasteiger partial charge < -0.3 is 19.3 Å². The maximum absolute atomic E-state index is 13.3. The van der Waals surface area contributed by atoms with Crippen molar-refractivity contribution >= 4 is 11.9 Å². The Bertz CT molecular complexity index is 920. The number of carbonyl (C=O) groups is 1. The standard InChI is InChI=1S/C24H32N4O3/c1-27(2)24-25-15-17(21-19(30-3)12-8-13-20(21)31-4)22(26-24)18-11-5-6-14-28(18)23(29)16-9-7-10-16/h8,12-13,15-16,18H,5-7,9-11,14H2,1-4H3. The number of likely N-dealkylation sites (tertiary alicyclic amines) is 1. The fourth-order valence-electron chi connectivity index (χ4n) is 4.53. The molecule has 1 amide bonds. The summed E-state index contributed by atoms with van der Waals surface area (Å²) in [4.78, 5) is 26.8. The number of hydrogen-bond acceptors (Lipinski definition) is 6. The number of methoxy groups -OCH3 is 2. The van der Waals surface area contributed by atoms with Gasteiger partial charge in [-0.25, -0.2) is 9.97 Å². The first-order valence-corrected chi connectivity index (χ1v) is 11.1. The predicted molar refractivity (Wildman–Crippen MR) is 121 cm³/mol. The molecule has 1 aliphatic heterocycles. The highest BCUT2D eigenvalue weighted by molar-refractivity contribution is 5.82. The normalized spacial score (nSPS) is 19.0. The van der Waals surface area contributed by atoms with Crippen LogP contribution in [0.3, 0.4) is 0 Å². The van der Waals surface area contributed by atoms with Gasteiger partial charge in [0.25, 0.3) is 0 Å². The Hall–Kier alpha value is -2.83. The molecular weight excluding hydrogens is 392 g/mol. The average molecular weight is 425 g/mol. The van der Waals surface area contributed by atoms with Gasteiger partial charge in [0.05, 0.1) is 31.5 Å². The summed E-state index contributed by atoms with van der Waals surface area (Å²) in [6, 6.07) is 5.66. The minimum Gasteiger partial charge on any atom is -0.496 e. The van der Waals surface area contributed by atoms with Crippen LogP contribution in [0.1, 0.15) is 50.3 Å². The number of piperidine rings is 1. The van der Waals surface area contributed by atoms with Gasteiger partial charge in [-0.3, -0.25) is 4.79 Å². The van der Waals surface area contributed by atoms with Crippen molar-refractivity contribution in [1.29, 1.82) is 0 Å². The maximum Gasteiger partial charge on any atom is 0.226 e. The highest BCUT2D eigenvalue weighted by Gasteiger charge is 2.37. The Labute approximate surface area is 184 Å². The lowest BCUT2D eigenvalue weighted by atomic mass is 9.83. The first kappa shape index (κ1) is 21.4. The van der Waals surface area contributed by atoms with E-state index in [2.05, 4.69) is 9.88 Å². The Morgan fingerprint density at radius 2 is 1.77 bits per heavy atom. The average Bonchev–Trinajstić information content (AvgIpc) is 2.76. The highest BCUT2D eigenvalue weighted by Crippen LogP contribution is 2.44. The number of carbonyl (C=O) groups excluding carboxylic acids is 1. The van der Waals surface area contributed by atoms with Crippen LogP contribution in [-0.4, -0.2) is 55.6 Å². The third-order valence-corrected chi connectivity index (χ3v) is 6.46.